The van der Waals surface area contributed by atoms with Crippen LogP contribution >= 0.6 is 15.9 Å². The molecule has 0 heterocycles. The summed E-state index contributed by atoms with van der Waals surface area (Å²) in [5.41, 5.74) is 7.39. The molecular formula is C14H13BrFNO. The second kappa shape index (κ2) is 5.50. The topological polar surface area (TPSA) is 46.2 Å². The molecule has 0 spiro atoms. The number of anilines is 1. The average molecular weight is 310 g/mol. The molecule has 0 aliphatic heterocycles. The van der Waals surface area contributed by atoms with Gasteiger partial charge >= 0.3 is 0 Å². The largest absolute Gasteiger partial charge is 0.398 e. The van der Waals surface area contributed by atoms with E-state index >= 15 is 0 Å². The summed E-state index contributed by atoms with van der Waals surface area (Å²) in [6.45, 7) is 0. The molecule has 0 amide bonds. The molecule has 0 bridgehead atoms. The fraction of sp³-hybridized carbons (Fsp3) is 0.143. The Hall–Kier alpha value is -1.39. The van der Waals surface area contributed by atoms with Gasteiger partial charge in [-0.15, -0.1) is 0 Å². The highest BCUT2D eigenvalue weighted by Gasteiger charge is 2.14. The Balaban J connectivity index is 2.25. The van der Waals surface area contributed by atoms with Crippen LogP contribution in [0.5, 0.6) is 0 Å². The minimum atomic E-state index is -0.820. The maximum absolute atomic E-state index is 13.5. The lowest BCUT2D eigenvalue weighted by Crippen LogP contribution is -2.06. The van der Waals surface area contributed by atoms with Gasteiger partial charge in [-0.05, 0) is 29.8 Å². The number of hydrogen-bond donors (Lipinski definition) is 2. The Morgan fingerprint density at radius 3 is 2.67 bits per heavy atom. The average Bonchev–Trinajstić information content (AvgIpc) is 2.35. The third-order valence-corrected chi connectivity index (χ3v) is 3.27. The summed E-state index contributed by atoms with van der Waals surface area (Å²) in [5, 5.41) is 10.1. The summed E-state index contributed by atoms with van der Waals surface area (Å²) in [7, 11) is 0. The van der Waals surface area contributed by atoms with E-state index in [1.807, 2.05) is 0 Å². The molecule has 3 N–H and O–H groups in total. The van der Waals surface area contributed by atoms with Crippen molar-refractivity contribution in [1.82, 2.24) is 0 Å². The molecule has 2 aromatic carbocycles. The summed E-state index contributed by atoms with van der Waals surface area (Å²) in [4.78, 5) is 0. The van der Waals surface area contributed by atoms with Crippen molar-refractivity contribution in [2.75, 3.05) is 5.73 Å². The van der Waals surface area contributed by atoms with Crippen LogP contribution in [0.25, 0.3) is 0 Å². The Labute approximate surface area is 113 Å². The van der Waals surface area contributed by atoms with Crippen molar-refractivity contribution in [3.05, 3.63) is 63.9 Å². The zero-order valence-electron chi connectivity index (χ0n) is 9.61. The van der Waals surface area contributed by atoms with Crippen molar-refractivity contribution in [3.8, 4) is 0 Å². The van der Waals surface area contributed by atoms with Gasteiger partial charge in [0.15, 0.2) is 0 Å². The maximum Gasteiger partial charge on any atom is 0.126 e. The lowest BCUT2D eigenvalue weighted by molar-refractivity contribution is 0.178. The molecule has 94 valence electrons. The number of aliphatic hydroxyl groups excluding tert-OH is 1. The van der Waals surface area contributed by atoms with Crippen LogP contribution in [0.1, 0.15) is 17.2 Å². The van der Waals surface area contributed by atoms with Gasteiger partial charge in [0, 0.05) is 22.1 Å². The third-order valence-electron chi connectivity index (χ3n) is 2.78. The number of nitrogens with two attached hydrogens (primary N) is 1. The van der Waals surface area contributed by atoms with Gasteiger partial charge in [-0.25, -0.2) is 4.39 Å². The highest BCUT2D eigenvalue weighted by molar-refractivity contribution is 9.10. The van der Waals surface area contributed by atoms with Crippen LogP contribution in [-0.4, -0.2) is 5.11 Å². The fourth-order valence-corrected chi connectivity index (χ4v) is 2.20. The lowest BCUT2D eigenvalue weighted by atomic mass is 10.00. The van der Waals surface area contributed by atoms with Gasteiger partial charge in [0.2, 0.25) is 0 Å². The first-order valence-electron chi connectivity index (χ1n) is 5.54. The molecule has 0 aliphatic rings. The molecule has 0 fully saturated rings. The van der Waals surface area contributed by atoms with Crippen molar-refractivity contribution in [1.29, 1.82) is 0 Å². The van der Waals surface area contributed by atoms with Crippen molar-refractivity contribution in [2.24, 2.45) is 0 Å². The van der Waals surface area contributed by atoms with Gasteiger partial charge in [0.25, 0.3) is 0 Å². The summed E-state index contributed by atoms with van der Waals surface area (Å²) >= 11 is 3.32. The Bertz CT molecular complexity index is 559. The molecule has 0 aliphatic carbocycles. The number of halogens is 2. The maximum atomic E-state index is 13.5. The van der Waals surface area contributed by atoms with Crippen LogP contribution in [0.15, 0.2) is 46.9 Å². The summed E-state index contributed by atoms with van der Waals surface area (Å²) in [5.74, 6) is -0.315. The molecule has 0 radical (unpaired) electrons. The zero-order valence-corrected chi connectivity index (χ0v) is 11.2. The number of aliphatic hydroxyl groups is 1. The first-order valence-corrected chi connectivity index (χ1v) is 6.33. The molecule has 0 saturated heterocycles. The second-order valence-corrected chi connectivity index (χ2v) is 5.00. The lowest BCUT2D eigenvalue weighted by Gasteiger charge is -2.14. The van der Waals surface area contributed by atoms with Crippen LogP contribution in [0.4, 0.5) is 10.1 Å². The van der Waals surface area contributed by atoms with E-state index in [0.29, 0.717) is 16.8 Å². The van der Waals surface area contributed by atoms with Crippen LogP contribution in [0.2, 0.25) is 0 Å². The van der Waals surface area contributed by atoms with Crippen LogP contribution in [-0.2, 0) is 6.42 Å². The standard InChI is InChI=1S/C14H13BrFNO/c15-10-5-6-13(17)11(8-10)14(18)7-9-3-1-2-4-12(9)16/h1-6,8,14,18H,7,17H2. The van der Waals surface area contributed by atoms with E-state index in [1.54, 1.807) is 36.4 Å². The van der Waals surface area contributed by atoms with E-state index in [-0.39, 0.29) is 12.2 Å². The molecule has 2 nitrogen and oxygen atoms in total. The van der Waals surface area contributed by atoms with Crippen LogP contribution < -0.4 is 5.73 Å². The monoisotopic (exact) mass is 309 g/mol. The highest BCUT2D eigenvalue weighted by atomic mass is 79.9. The SMILES string of the molecule is Nc1ccc(Br)cc1C(O)Cc1ccccc1F. The molecule has 1 unspecified atom stereocenters. The number of hydrogen-bond acceptors (Lipinski definition) is 2. The molecule has 2 rings (SSSR count). The fourth-order valence-electron chi connectivity index (χ4n) is 1.82. The van der Waals surface area contributed by atoms with E-state index in [4.69, 9.17) is 5.73 Å². The predicted octanol–water partition coefficient (Wildman–Crippen LogP) is 3.45. The van der Waals surface area contributed by atoms with Gasteiger partial charge in [-0.3, -0.25) is 0 Å². The van der Waals surface area contributed by atoms with Crippen molar-refractivity contribution >= 4 is 21.6 Å². The van der Waals surface area contributed by atoms with E-state index in [0.717, 1.165) is 4.47 Å². The molecule has 18 heavy (non-hydrogen) atoms. The van der Waals surface area contributed by atoms with Crippen molar-refractivity contribution < 1.29 is 9.50 Å². The molecule has 0 aromatic heterocycles. The summed E-state index contributed by atoms with van der Waals surface area (Å²) in [6.07, 6.45) is -0.618. The minimum absolute atomic E-state index is 0.202. The van der Waals surface area contributed by atoms with E-state index in [2.05, 4.69) is 15.9 Å². The normalized spacial score (nSPS) is 12.4. The first-order chi connectivity index (χ1) is 8.58. The van der Waals surface area contributed by atoms with E-state index in [1.165, 1.54) is 6.07 Å². The van der Waals surface area contributed by atoms with Gasteiger partial charge in [-0.2, -0.15) is 0 Å². The van der Waals surface area contributed by atoms with Gasteiger partial charge in [0.1, 0.15) is 5.82 Å². The van der Waals surface area contributed by atoms with Gasteiger partial charge in [0.05, 0.1) is 6.10 Å². The third kappa shape index (κ3) is 2.89. The minimum Gasteiger partial charge on any atom is -0.398 e. The highest BCUT2D eigenvalue weighted by Crippen LogP contribution is 2.27. The Kier molecular flexibility index (Phi) is 3.99. The summed E-state index contributed by atoms with van der Waals surface area (Å²) < 4.78 is 14.3. The van der Waals surface area contributed by atoms with E-state index < -0.39 is 6.10 Å². The number of benzene rings is 2. The van der Waals surface area contributed by atoms with Crippen molar-refractivity contribution in [2.45, 2.75) is 12.5 Å². The summed E-state index contributed by atoms with van der Waals surface area (Å²) in [6, 6.07) is 11.7. The molecule has 4 heteroatoms. The van der Waals surface area contributed by atoms with Gasteiger partial charge < -0.3 is 10.8 Å². The molecular weight excluding hydrogens is 297 g/mol. The predicted molar refractivity (Wildman–Crippen MR) is 73.6 cm³/mol. The Morgan fingerprint density at radius 2 is 1.94 bits per heavy atom. The Morgan fingerprint density at radius 1 is 1.22 bits per heavy atom. The van der Waals surface area contributed by atoms with Crippen LogP contribution in [0.3, 0.4) is 0 Å². The second-order valence-electron chi connectivity index (χ2n) is 4.08. The quantitative estimate of drug-likeness (QED) is 0.853. The van der Waals surface area contributed by atoms with Crippen LogP contribution in [0, 0.1) is 5.82 Å². The number of nitrogen functional groups attached to an aromatic ring is 1. The number of rotatable bonds is 3. The molecule has 0 saturated carbocycles. The smallest absolute Gasteiger partial charge is 0.126 e. The molecule has 1 atom stereocenters. The van der Waals surface area contributed by atoms with Gasteiger partial charge in [-0.1, -0.05) is 34.1 Å². The van der Waals surface area contributed by atoms with E-state index in [9.17, 15) is 9.50 Å². The zero-order chi connectivity index (χ0) is 13.1. The van der Waals surface area contributed by atoms with Crippen molar-refractivity contribution in [3.63, 3.8) is 0 Å². The molecule has 2 aromatic rings. The first kappa shape index (κ1) is 13.1.